The van der Waals surface area contributed by atoms with Crippen molar-refractivity contribution >= 4 is 11.8 Å². The molecule has 2 saturated carbocycles. The molecule has 0 spiro atoms. The number of rotatable bonds is 5. The Morgan fingerprint density at radius 2 is 2.09 bits per heavy atom. The maximum Gasteiger partial charge on any atom is 0.239 e. The molecule has 0 unspecified atom stereocenters. The number of nitrogens with zero attached hydrogens (tertiary/aromatic N) is 1. The maximum absolute atomic E-state index is 13.5. The third-order valence-corrected chi connectivity index (χ3v) is 4.66. The molecule has 1 aromatic carbocycles. The summed E-state index contributed by atoms with van der Waals surface area (Å²) in [4.78, 5) is 26.2. The fourth-order valence-electron chi connectivity index (χ4n) is 3.10. The highest BCUT2D eigenvalue weighted by atomic mass is 19.1. The van der Waals surface area contributed by atoms with E-state index in [1.54, 1.807) is 19.2 Å². The number of nitrogens with one attached hydrogen (secondary N) is 1. The summed E-state index contributed by atoms with van der Waals surface area (Å²) >= 11 is 0. The third-order valence-electron chi connectivity index (χ3n) is 4.66. The Labute approximate surface area is 129 Å². The summed E-state index contributed by atoms with van der Waals surface area (Å²) in [5.41, 5.74) is 0.0645. The van der Waals surface area contributed by atoms with Crippen molar-refractivity contribution in [2.75, 3.05) is 13.6 Å². The zero-order valence-electron chi connectivity index (χ0n) is 12.8. The first-order valence-electron chi connectivity index (χ1n) is 7.82. The van der Waals surface area contributed by atoms with E-state index in [1.807, 2.05) is 0 Å². The third kappa shape index (κ3) is 2.85. The van der Waals surface area contributed by atoms with Crippen molar-refractivity contribution in [2.24, 2.45) is 0 Å². The molecule has 4 nitrogen and oxygen atoms in total. The van der Waals surface area contributed by atoms with Crippen molar-refractivity contribution in [2.45, 2.75) is 43.6 Å². The molecule has 2 aliphatic rings. The summed E-state index contributed by atoms with van der Waals surface area (Å²) in [6, 6.07) is 6.55. The second-order valence-electron chi connectivity index (χ2n) is 6.45. The van der Waals surface area contributed by atoms with Crippen LogP contribution >= 0.6 is 0 Å². The molecule has 3 rings (SSSR count). The van der Waals surface area contributed by atoms with Gasteiger partial charge < -0.3 is 10.2 Å². The van der Waals surface area contributed by atoms with E-state index in [-0.39, 0.29) is 30.2 Å². The first-order valence-corrected chi connectivity index (χ1v) is 7.82. The second kappa shape index (κ2) is 5.71. The number of hydrogen-bond acceptors (Lipinski definition) is 2. The van der Waals surface area contributed by atoms with Gasteiger partial charge in [-0.1, -0.05) is 18.6 Å². The van der Waals surface area contributed by atoms with Crippen LogP contribution in [0, 0.1) is 5.82 Å². The van der Waals surface area contributed by atoms with Crippen LogP contribution in [0.2, 0.25) is 0 Å². The molecule has 0 radical (unpaired) electrons. The lowest BCUT2D eigenvalue weighted by atomic mass is 9.63. The van der Waals surface area contributed by atoms with Crippen molar-refractivity contribution in [3.8, 4) is 0 Å². The minimum absolute atomic E-state index is 0.0619. The van der Waals surface area contributed by atoms with Gasteiger partial charge in [-0.25, -0.2) is 4.39 Å². The topological polar surface area (TPSA) is 49.4 Å². The van der Waals surface area contributed by atoms with E-state index in [4.69, 9.17) is 0 Å². The van der Waals surface area contributed by atoms with Gasteiger partial charge in [-0.05, 0) is 43.4 Å². The standard InChI is InChI=1S/C17H21FN2O2/c1-20(11-15(21)19-14-6-7-14)16(22)17(8-3-9-17)12-4-2-5-13(18)10-12/h2,4-5,10,14H,3,6-9,11H2,1H3,(H,19,21). The Balaban J connectivity index is 1.71. The maximum atomic E-state index is 13.5. The van der Waals surface area contributed by atoms with E-state index in [9.17, 15) is 14.0 Å². The Morgan fingerprint density at radius 3 is 2.64 bits per heavy atom. The number of carbonyl (C=O) groups is 2. The molecule has 22 heavy (non-hydrogen) atoms. The zero-order chi connectivity index (χ0) is 15.7. The minimum atomic E-state index is -0.656. The predicted octanol–water partition coefficient (Wildman–Crippen LogP) is 1.98. The van der Waals surface area contributed by atoms with E-state index >= 15 is 0 Å². The van der Waals surface area contributed by atoms with E-state index in [0.29, 0.717) is 12.8 Å². The van der Waals surface area contributed by atoms with Crippen LogP contribution in [0.15, 0.2) is 24.3 Å². The first kappa shape index (κ1) is 15.0. The van der Waals surface area contributed by atoms with E-state index < -0.39 is 5.41 Å². The molecule has 0 heterocycles. The number of benzene rings is 1. The fourth-order valence-corrected chi connectivity index (χ4v) is 3.10. The van der Waals surface area contributed by atoms with Gasteiger partial charge in [0.15, 0.2) is 0 Å². The molecule has 1 aromatic rings. The molecular weight excluding hydrogens is 283 g/mol. The number of carbonyl (C=O) groups excluding carboxylic acids is 2. The summed E-state index contributed by atoms with van der Waals surface area (Å²) in [5.74, 6) is -0.534. The Bertz CT molecular complexity index is 594. The highest BCUT2D eigenvalue weighted by Gasteiger charge is 2.47. The van der Waals surface area contributed by atoms with Crippen LogP contribution in [0.1, 0.15) is 37.7 Å². The van der Waals surface area contributed by atoms with Crippen LogP contribution in [-0.2, 0) is 15.0 Å². The van der Waals surface area contributed by atoms with Crippen molar-refractivity contribution in [1.29, 1.82) is 0 Å². The van der Waals surface area contributed by atoms with E-state index in [1.165, 1.54) is 17.0 Å². The molecule has 5 heteroatoms. The van der Waals surface area contributed by atoms with Gasteiger partial charge in [0, 0.05) is 13.1 Å². The molecule has 0 atom stereocenters. The van der Waals surface area contributed by atoms with Crippen molar-refractivity contribution in [1.82, 2.24) is 10.2 Å². The summed E-state index contributed by atoms with van der Waals surface area (Å²) in [6.45, 7) is 0.0619. The lowest BCUT2D eigenvalue weighted by Crippen LogP contribution is -2.52. The summed E-state index contributed by atoms with van der Waals surface area (Å²) < 4.78 is 13.5. The minimum Gasteiger partial charge on any atom is -0.352 e. The van der Waals surface area contributed by atoms with Gasteiger partial charge >= 0.3 is 0 Å². The summed E-state index contributed by atoms with van der Waals surface area (Å²) in [5, 5.41) is 2.88. The average Bonchev–Trinajstić information content (AvgIpc) is 3.21. The SMILES string of the molecule is CN(CC(=O)NC1CC1)C(=O)C1(c2cccc(F)c2)CCC1. The van der Waals surface area contributed by atoms with E-state index in [0.717, 1.165) is 24.8 Å². The first-order chi connectivity index (χ1) is 10.5. The van der Waals surface area contributed by atoms with Gasteiger partial charge in [-0.15, -0.1) is 0 Å². The summed E-state index contributed by atoms with van der Waals surface area (Å²) in [6.07, 6.45) is 4.42. The fraction of sp³-hybridized carbons (Fsp3) is 0.529. The van der Waals surface area contributed by atoms with E-state index in [2.05, 4.69) is 5.32 Å². The lowest BCUT2D eigenvalue weighted by molar-refractivity contribution is -0.142. The molecule has 118 valence electrons. The Kier molecular flexibility index (Phi) is 3.89. The molecular formula is C17H21FN2O2. The molecule has 0 aliphatic heterocycles. The normalized spacial score (nSPS) is 19.2. The van der Waals surface area contributed by atoms with Crippen LogP contribution in [0.25, 0.3) is 0 Å². The molecule has 2 aliphatic carbocycles. The molecule has 2 fully saturated rings. The number of likely N-dealkylation sites (N-methyl/N-ethyl adjacent to an activating group) is 1. The highest BCUT2D eigenvalue weighted by molar-refractivity contribution is 5.92. The Hall–Kier alpha value is -1.91. The van der Waals surface area contributed by atoms with Crippen LogP contribution in [0.3, 0.4) is 0 Å². The molecule has 0 aromatic heterocycles. The largest absolute Gasteiger partial charge is 0.352 e. The van der Waals surface area contributed by atoms with Crippen LogP contribution < -0.4 is 5.32 Å². The predicted molar refractivity (Wildman–Crippen MR) is 80.7 cm³/mol. The van der Waals surface area contributed by atoms with Crippen molar-refractivity contribution in [3.05, 3.63) is 35.6 Å². The summed E-state index contributed by atoms with van der Waals surface area (Å²) in [7, 11) is 1.65. The van der Waals surface area contributed by atoms with Crippen LogP contribution in [-0.4, -0.2) is 36.3 Å². The van der Waals surface area contributed by atoms with Gasteiger partial charge in [-0.2, -0.15) is 0 Å². The molecule has 1 N–H and O–H groups in total. The van der Waals surface area contributed by atoms with Gasteiger partial charge in [0.2, 0.25) is 11.8 Å². The number of halogens is 1. The molecule has 0 bridgehead atoms. The number of amides is 2. The van der Waals surface area contributed by atoms with Crippen LogP contribution in [0.4, 0.5) is 4.39 Å². The van der Waals surface area contributed by atoms with Crippen molar-refractivity contribution < 1.29 is 14.0 Å². The smallest absolute Gasteiger partial charge is 0.239 e. The van der Waals surface area contributed by atoms with Gasteiger partial charge in [-0.3, -0.25) is 9.59 Å². The van der Waals surface area contributed by atoms with Crippen LogP contribution in [0.5, 0.6) is 0 Å². The number of hydrogen-bond donors (Lipinski definition) is 1. The van der Waals surface area contributed by atoms with Gasteiger partial charge in [0.25, 0.3) is 0 Å². The van der Waals surface area contributed by atoms with Crippen molar-refractivity contribution in [3.63, 3.8) is 0 Å². The van der Waals surface area contributed by atoms with Gasteiger partial charge in [0.05, 0.1) is 12.0 Å². The lowest BCUT2D eigenvalue weighted by Gasteiger charge is -2.43. The molecule has 0 saturated heterocycles. The zero-order valence-corrected chi connectivity index (χ0v) is 12.8. The average molecular weight is 304 g/mol. The molecule has 2 amide bonds. The highest BCUT2D eigenvalue weighted by Crippen LogP contribution is 2.45. The second-order valence-corrected chi connectivity index (χ2v) is 6.45. The quantitative estimate of drug-likeness (QED) is 0.904. The Morgan fingerprint density at radius 1 is 1.36 bits per heavy atom. The van der Waals surface area contributed by atoms with Gasteiger partial charge in [0.1, 0.15) is 5.82 Å². The monoisotopic (exact) mass is 304 g/mol.